The number of anilines is 2. The number of para-hydroxylation sites is 4. The van der Waals surface area contributed by atoms with Crippen molar-refractivity contribution in [2.24, 2.45) is 0 Å². The maximum atomic E-state index is 6.05. The summed E-state index contributed by atoms with van der Waals surface area (Å²) in [6.07, 6.45) is 10.8. The standard InChI is InChI=1S/C22H29NO/c1-2-3-4-5-6-7-8-13-18-23-19-14-9-11-16-21(19)24-22-17-12-10-15-20(22)23/h9-12,14-17H,2-8,13,18H2,1H3. The summed E-state index contributed by atoms with van der Waals surface area (Å²) < 4.78 is 6.05. The van der Waals surface area contributed by atoms with E-state index in [0.717, 1.165) is 18.0 Å². The zero-order valence-electron chi connectivity index (χ0n) is 14.8. The summed E-state index contributed by atoms with van der Waals surface area (Å²) in [5, 5.41) is 0. The Bertz CT molecular complexity index is 592. The summed E-state index contributed by atoms with van der Waals surface area (Å²) in [5.74, 6) is 1.94. The van der Waals surface area contributed by atoms with Crippen molar-refractivity contribution >= 4 is 11.4 Å². The van der Waals surface area contributed by atoms with Crippen LogP contribution < -0.4 is 9.64 Å². The van der Waals surface area contributed by atoms with Gasteiger partial charge in [-0.15, -0.1) is 0 Å². The molecule has 0 N–H and O–H groups in total. The van der Waals surface area contributed by atoms with Gasteiger partial charge < -0.3 is 9.64 Å². The van der Waals surface area contributed by atoms with E-state index in [1.807, 2.05) is 12.1 Å². The van der Waals surface area contributed by atoms with Gasteiger partial charge in [-0.1, -0.05) is 76.1 Å². The molecule has 2 heteroatoms. The molecule has 1 aliphatic heterocycles. The molecule has 2 aromatic rings. The number of rotatable bonds is 9. The average Bonchev–Trinajstić information content (AvgIpc) is 2.63. The van der Waals surface area contributed by atoms with Gasteiger partial charge in [0.1, 0.15) is 0 Å². The Kier molecular flexibility index (Phi) is 6.17. The third-order valence-electron chi connectivity index (χ3n) is 4.77. The number of nitrogens with zero attached hydrogens (tertiary/aromatic N) is 1. The number of unbranched alkanes of at least 4 members (excludes halogenated alkanes) is 7. The largest absolute Gasteiger partial charge is 0.453 e. The first-order valence-corrected chi connectivity index (χ1v) is 9.53. The SMILES string of the molecule is CCCCCCCCCCN1c2ccccc2Oc2ccccc21. The number of fused-ring (bicyclic) bond motifs is 2. The van der Waals surface area contributed by atoms with Gasteiger partial charge in [0.25, 0.3) is 0 Å². The van der Waals surface area contributed by atoms with E-state index in [1.54, 1.807) is 0 Å². The van der Waals surface area contributed by atoms with Crippen LogP contribution in [0.4, 0.5) is 11.4 Å². The van der Waals surface area contributed by atoms with Crippen molar-refractivity contribution in [2.75, 3.05) is 11.4 Å². The third kappa shape index (κ3) is 4.11. The Hall–Kier alpha value is -1.96. The van der Waals surface area contributed by atoms with Crippen LogP contribution in [0.1, 0.15) is 58.3 Å². The molecule has 128 valence electrons. The molecule has 0 fully saturated rings. The third-order valence-corrected chi connectivity index (χ3v) is 4.77. The molecule has 0 radical (unpaired) electrons. The van der Waals surface area contributed by atoms with Gasteiger partial charge in [-0.3, -0.25) is 0 Å². The molecule has 24 heavy (non-hydrogen) atoms. The van der Waals surface area contributed by atoms with E-state index in [1.165, 1.54) is 62.7 Å². The molecule has 0 unspecified atom stereocenters. The maximum absolute atomic E-state index is 6.05. The van der Waals surface area contributed by atoms with Crippen molar-refractivity contribution in [3.63, 3.8) is 0 Å². The fourth-order valence-electron chi connectivity index (χ4n) is 3.43. The zero-order valence-corrected chi connectivity index (χ0v) is 14.8. The van der Waals surface area contributed by atoms with Gasteiger partial charge in [0.05, 0.1) is 11.4 Å². The molecule has 0 spiro atoms. The van der Waals surface area contributed by atoms with Crippen LogP contribution in [0.15, 0.2) is 48.5 Å². The Balaban J connectivity index is 1.55. The molecule has 3 rings (SSSR count). The first-order chi connectivity index (χ1) is 11.9. The van der Waals surface area contributed by atoms with E-state index in [9.17, 15) is 0 Å². The second-order valence-electron chi connectivity index (χ2n) is 6.66. The molecule has 1 heterocycles. The molecule has 1 aliphatic rings. The number of hydrogen-bond acceptors (Lipinski definition) is 2. The maximum Gasteiger partial charge on any atom is 0.151 e. The lowest BCUT2D eigenvalue weighted by molar-refractivity contribution is 0.471. The van der Waals surface area contributed by atoms with E-state index in [-0.39, 0.29) is 0 Å². The van der Waals surface area contributed by atoms with E-state index in [0.29, 0.717) is 0 Å². The first kappa shape index (κ1) is 16.9. The second kappa shape index (κ2) is 8.77. The van der Waals surface area contributed by atoms with E-state index in [4.69, 9.17) is 4.74 Å². The van der Waals surface area contributed by atoms with Crippen LogP contribution in [0.2, 0.25) is 0 Å². The van der Waals surface area contributed by atoms with Crippen molar-refractivity contribution in [1.29, 1.82) is 0 Å². The Morgan fingerprint density at radius 3 is 1.75 bits per heavy atom. The van der Waals surface area contributed by atoms with Gasteiger partial charge in [-0.25, -0.2) is 0 Å². The highest BCUT2D eigenvalue weighted by Crippen LogP contribution is 2.46. The second-order valence-corrected chi connectivity index (χ2v) is 6.66. The van der Waals surface area contributed by atoms with Crippen LogP contribution in [0.3, 0.4) is 0 Å². The topological polar surface area (TPSA) is 12.5 Å². The van der Waals surface area contributed by atoms with Gasteiger partial charge in [-0.2, -0.15) is 0 Å². The molecule has 0 atom stereocenters. The minimum atomic E-state index is 0.968. The van der Waals surface area contributed by atoms with Crippen molar-refractivity contribution in [3.05, 3.63) is 48.5 Å². The van der Waals surface area contributed by atoms with Crippen molar-refractivity contribution in [2.45, 2.75) is 58.3 Å². The molecule has 0 aliphatic carbocycles. The summed E-state index contributed by atoms with van der Waals surface area (Å²) in [5.41, 5.74) is 2.39. The summed E-state index contributed by atoms with van der Waals surface area (Å²) in [6.45, 7) is 3.34. The molecule has 0 bridgehead atoms. The van der Waals surface area contributed by atoms with Crippen molar-refractivity contribution in [3.8, 4) is 11.5 Å². The minimum Gasteiger partial charge on any atom is -0.453 e. The van der Waals surface area contributed by atoms with Crippen LogP contribution in [0.5, 0.6) is 11.5 Å². The smallest absolute Gasteiger partial charge is 0.151 e. The number of hydrogen-bond donors (Lipinski definition) is 0. The number of ether oxygens (including phenoxy) is 1. The fraction of sp³-hybridized carbons (Fsp3) is 0.455. The number of benzene rings is 2. The monoisotopic (exact) mass is 323 g/mol. The molecular formula is C22H29NO. The van der Waals surface area contributed by atoms with Gasteiger partial charge >= 0.3 is 0 Å². The van der Waals surface area contributed by atoms with Gasteiger partial charge in [-0.05, 0) is 30.7 Å². The molecule has 0 saturated carbocycles. The fourth-order valence-corrected chi connectivity index (χ4v) is 3.43. The molecule has 0 saturated heterocycles. The molecule has 0 aromatic heterocycles. The quantitative estimate of drug-likeness (QED) is 0.457. The predicted molar refractivity (Wildman–Crippen MR) is 103 cm³/mol. The summed E-state index contributed by atoms with van der Waals surface area (Å²) in [6, 6.07) is 16.7. The van der Waals surface area contributed by atoms with Crippen LogP contribution in [-0.2, 0) is 0 Å². The van der Waals surface area contributed by atoms with Crippen LogP contribution in [0.25, 0.3) is 0 Å². The van der Waals surface area contributed by atoms with Gasteiger partial charge in [0.15, 0.2) is 11.5 Å². The zero-order chi connectivity index (χ0) is 16.6. The summed E-state index contributed by atoms with van der Waals surface area (Å²) in [4.78, 5) is 2.42. The minimum absolute atomic E-state index is 0.968. The lowest BCUT2D eigenvalue weighted by Gasteiger charge is -2.32. The van der Waals surface area contributed by atoms with Crippen LogP contribution in [-0.4, -0.2) is 6.54 Å². The normalized spacial score (nSPS) is 12.5. The van der Waals surface area contributed by atoms with Gasteiger partial charge in [0, 0.05) is 6.54 Å². The molecule has 2 aromatic carbocycles. The molecule has 0 amide bonds. The summed E-state index contributed by atoms with van der Waals surface area (Å²) in [7, 11) is 0. The molecule has 2 nitrogen and oxygen atoms in total. The highest BCUT2D eigenvalue weighted by Gasteiger charge is 2.22. The molecular weight excluding hydrogens is 294 g/mol. The van der Waals surface area contributed by atoms with E-state index < -0.39 is 0 Å². The first-order valence-electron chi connectivity index (χ1n) is 9.53. The van der Waals surface area contributed by atoms with Gasteiger partial charge in [0.2, 0.25) is 0 Å². The Morgan fingerprint density at radius 1 is 0.667 bits per heavy atom. The predicted octanol–water partition coefficient (Wildman–Crippen LogP) is 7.07. The summed E-state index contributed by atoms with van der Waals surface area (Å²) >= 11 is 0. The average molecular weight is 323 g/mol. The highest BCUT2D eigenvalue weighted by molar-refractivity contribution is 5.77. The Morgan fingerprint density at radius 2 is 1.17 bits per heavy atom. The highest BCUT2D eigenvalue weighted by atomic mass is 16.5. The van der Waals surface area contributed by atoms with Crippen LogP contribution in [0, 0.1) is 0 Å². The van der Waals surface area contributed by atoms with Crippen molar-refractivity contribution < 1.29 is 4.74 Å². The lowest BCUT2D eigenvalue weighted by atomic mass is 10.1. The lowest BCUT2D eigenvalue weighted by Crippen LogP contribution is -2.22. The van der Waals surface area contributed by atoms with E-state index in [2.05, 4.69) is 48.2 Å². The van der Waals surface area contributed by atoms with Crippen molar-refractivity contribution in [1.82, 2.24) is 0 Å². The van der Waals surface area contributed by atoms with Crippen LogP contribution >= 0.6 is 0 Å². The van der Waals surface area contributed by atoms with E-state index >= 15 is 0 Å². The Labute approximate surface area is 146 Å².